The van der Waals surface area contributed by atoms with Crippen molar-refractivity contribution in [2.24, 2.45) is 0 Å². The monoisotopic (exact) mass is 550 g/mol. The van der Waals surface area contributed by atoms with Crippen molar-refractivity contribution in [3.05, 3.63) is 99.4 Å². The number of fused-ring (bicyclic) bond motifs is 1. The maximum Gasteiger partial charge on any atom is 0.219 e. The molecule has 39 heavy (non-hydrogen) atoms. The van der Waals surface area contributed by atoms with Crippen LogP contribution in [0.3, 0.4) is 0 Å². The molecule has 1 aliphatic rings. The second-order valence-electron chi connectivity index (χ2n) is 9.54. The summed E-state index contributed by atoms with van der Waals surface area (Å²) in [5, 5.41) is 4.28. The summed E-state index contributed by atoms with van der Waals surface area (Å²) in [6.45, 7) is 3.58. The number of nitrogens with zero attached hydrogens (tertiary/aromatic N) is 3. The average Bonchev–Trinajstić information content (AvgIpc) is 3.44. The molecule has 0 amide bonds. The molecule has 0 bridgehead atoms. The maximum atomic E-state index is 14.0. The lowest BCUT2D eigenvalue weighted by Crippen LogP contribution is -2.09. The van der Waals surface area contributed by atoms with Crippen molar-refractivity contribution in [1.29, 1.82) is 0 Å². The Bertz CT molecular complexity index is 1800. The molecule has 2 aromatic carbocycles. The van der Waals surface area contributed by atoms with Gasteiger partial charge >= 0.3 is 0 Å². The van der Waals surface area contributed by atoms with Gasteiger partial charge in [-0.2, -0.15) is 9.49 Å². The van der Waals surface area contributed by atoms with E-state index in [-0.39, 0.29) is 34.5 Å². The molecular formula is C28H24F2N4O4S. The third kappa shape index (κ3) is 5.17. The van der Waals surface area contributed by atoms with Gasteiger partial charge in [-0.3, -0.25) is 4.79 Å². The number of sulfone groups is 1. The Morgan fingerprint density at radius 2 is 1.90 bits per heavy atom. The molecule has 200 valence electrons. The molecule has 0 saturated carbocycles. The fourth-order valence-corrected chi connectivity index (χ4v) is 5.39. The van der Waals surface area contributed by atoms with E-state index in [1.807, 2.05) is 19.1 Å². The first-order valence-electron chi connectivity index (χ1n) is 11.9. The van der Waals surface area contributed by atoms with Crippen molar-refractivity contribution in [3.8, 4) is 17.3 Å². The number of pyridine rings is 1. The van der Waals surface area contributed by atoms with E-state index in [9.17, 15) is 22.0 Å². The molecule has 0 unspecified atom stereocenters. The van der Waals surface area contributed by atoms with Gasteiger partial charge in [0.15, 0.2) is 27.2 Å². The van der Waals surface area contributed by atoms with Gasteiger partial charge in [-0.15, -0.1) is 0 Å². The summed E-state index contributed by atoms with van der Waals surface area (Å²) >= 11 is 0. The molecule has 2 N–H and O–H groups in total. The lowest BCUT2D eigenvalue weighted by Gasteiger charge is -2.11. The standard InChI is InChI=1S/C28H24F2N4O4S/c1-15-7-17-9-19(10-18(17)11-20(15)14-39(3,36)37)27(35)21-12-33-34(28(21)31)23-13-32-25(8-16(23)2)38-24-6-4-5-22(29)26(24)30/h4-9,11-13H,10,14,31H2,1-3H3. The van der Waals surface area contributed by atoms with E-state index < -0.39 is 21.5 Å². The number of ketones is 1. The molecule has 0 spiro atoms. The zero-order valence-corrected chi connectivity index (χ0v) is 22.1. The van der Waals surface area contributed by atoms with Crippen LogP contribution in [-0.2, 0) is 22.0 Å². The lowest BCUT2D eigenvalue weighted by atomic mass is 10.0. The average molecular weight is 551 g/mol. The fraction of sp³-hybridized carbons (Fsp3) is 0.179. The highest BCUT2D eigenvalue weighted by Crippen LogP contribution is 2.32. The lowest BCUT2D eigenvalue weighted by molar-refractivity contribution is 0.103. The molecule has 2 heterocycles. The van der Waals surface area contributed by atoms with E-state index in [1.54, 1.807) is 13.0 Å². The molecule has 5 rings (SSSR count). The molecule has 0 aliphatic heterocycles. The van der Waals surface area contributed by atoms with E-state index >= 15 is 0 Å². The number of carbonyl (C=O) groups is 1. The second kappa shape index (κ2) is 9.73. The maximum absolute atomic E-state index is 14.0. The molecule has 4 aromatic rings. The summed E-state index contributed by atoms with van der Waals surface area (Å²) in [6, 6.07) is 8.85. The zero-order valence-electron chi connectivity index (χ0n) is 21.3. The van der Waals surface area contributed by atoms with E-state index in [4.69, 9.17) is 10.5 Å². The normalized spacial score (nSPS) is 12.8. The van der Waals surface area contributed by atoms with Gasteiger partial charge in [-0.05, 0) is 59.9 Å². The number of carbonyl (C=O) groups excluding carboxylic acids is 1. The van der Waals surface area contributed by atoms with Crippen LogP contribution >= 0.6 is 0 Å². The predicted octanol–water partition coefficient (Wildman–Crippen LogP) is 4.90. The van der Waals surface area contributed by atoms with Gasteiger partial charge in [0, 0.05) is 24.3 Å². The summed E-state index contributed by atoms with van der Waals surface area (Å²) < 4.78 is 57.8. The fourth-order valence-electron chi connectivity index (χ4n) is 4.52. The van der Waals surface area contributed by atoms with Crippen LogP contribution < -0.4 is 10.5 Å². The summed E-state index contributed by atoms with van der Waals surface area (Å²) in [7, 11) is -3.20. The number of nitrogens with two attached hydrogens (primary N) is 1. The number of aryl methyl sites for hydroxylation is 2. The van der Waals surface area contributed by atoms with E-state index in [0.717, 1.165) is 22.8 Å². The van der Waals surface area contributed by atoms with Crippen LogP contribution in [0.1, 0.15) is 38.2 Å². The Labute approximate surface area is 223 Å². The van der Waals surface area contributed by atoms with Crippen molar-refractivity contribution in [2.75, 3.05) is 12.0 Å². The van der Waals surface area contributed by atoms with Crippen LogP contribution in [0.4, 0.5) is 14.6 Å². The number of benzene rings is 2. The topological polar surface area (TPSA) is 117 Å². The number of allylic oxidation sites excluding steroid dienone is 1. The van der Waals surface area contributed by atoms with Gasteiger partial charge in [0.05, 0.1) is 29.4 Å². The Balaban J connectivity index is 1.38. The summed E-state index contributed by atoms with van der Waals surface area (Å²) in [4.78, 5) is 17.5. The highest BCUT2D eigenvalue weighted by atomic mass is 32.2. The predicted molar refractivity (Wildman–Crippen MR) is 143 cm³/mol. The van der Waals surface area contributed by atoms with Crippen LogP contribution in [0.5, 0.6) is 11.6 Å². The van der Waals surface area contributed by atoms with Gasteiger partial charge in [-0.1, -0.05) is 18.2 Å². The zero-order chi connectivity index (χ0) is 28.1. The van der Waals surface area contributed by atoms with Crippen LogP contribution in [0.15, 0.2) is 54.4 Å². The second-order valence-corrected chi connectivity index (χ2v) is 11.7. The first-order valence-corrected chi connectivity index (χ1v) is 13.9. The molecule has 2 aromatic heterocycles. The minimum atomic E-state index is -3.20. The van der Waals surface area contributed by atoms with Gasteiger partial charge in [0.25, 0.3) is 0 Å². The van der Waals surface area contributed by atoms with E-state index in [2.05, 4.69) is 10.1 Å². The first-order chi connectivity index (χ1) is 18.4. The van der Waals surface area contributed by atoms with Crippen LogP contribution in [0.2, 0.25) is 0 Å². The number of halogens is 2. The highest BCUT2D eigenvalue weighted by Gasteiger charge is 2.25. The Morgan fingerprint density at radius 1 is 1.13 bits per heavy atom. The minimum absolute atomic E-state index is 0.0437. The number of ether oxygens (including phenoxy) is 1. The highest BCUT2D eigenvalue weighted by molar-refractivity contribution is 7.89. The smallest absolute Gasteiger partial charge is 0.219 e. The summed E-state index contributed by atoms with van der Waals surface area (Å²) in [5.41, 5.74) is 11.4. The van der Waals surface area contributed by atoms with E-state index in [0.29, 0.717) is 28.8 Å². The van der Waals surface area contributed by atoms with Gasteiger partial charge in [0.1, 0.15) is 5.82 Å². The number of anilines is 1. The molecule has 0 radical (unpaired) electrons. The molecule has 8 nitrogen and oxygen atoms in total. The summed E-state index contributed by atoms with van der Waals surface area (Å²) in [6.07, 6.45) is 6.12. The Kier molecular flexibility index (Phi) is 6.55. The van der Waals surface area contributed by atoms with Gasteiger partial charge in [0.2, 0.25) is 11.7 Å². The quantitative estimate of drug-likeness (QED) is 0.325. The van der Waals surface area contributed by atoms with Gasteiger partial charge < -0.3 is 10.5 Å². The summed E-state index contributed by atoms with van der Waals surface area (Å²) in [5.74, 6) is -2.65. The van der Waals surface area contributed by atoms with Crippen molar-refractivity contribution in [1.82, 2.24) is 14.8 Å². The third-order valence-corrected chi connectivity index (χ3v) is 7.32. The largest absolute Gasteiger partial charge is 0.436 e. The van der Waals surface area contributed by atoms with Crippen LogP contribution in [0.25, 0.3) is 11.8 Å². The van der Waals surface area contributed by atoms with Crippen LogP contribution in [-0.4, -0.2) is 35.2 Å². The number of hydrogen-bond donors (Lipinski definition) is 1. The van der Waals surface area contributed by atoms with Crippen molar-refractivity contribution in [2.45, 2.75) is 26.0 Å². The molecule has 0 atom stereocenters. The first kappa shape index (κ1) is 26.2. The van der Waals surface area contributed by atoms with Gasteiger partial charge in [-0.25, -0.2) is 22.5 Å². The molecule has 11 heteroatoms. The molecule has 0 fully saturated rings. The SMILES string of the molecule is Cc1cc2c(cc1CS(C)(=O)=O)CC(C(=O)c1cnn(-c3cnc(Oc4cccc(F)c4F)cc3C)c1N)=C2. The minimum Gasteiger partial charge on any atom is -0.436 e. The number of rotatable bonds is 7. The van der Waals surface area contributed by atoms with Crippen molar-refractivity contribution >= 4 is 27.5 Å². The Hall–Kier alpha value is -4.38. The van der Waals surface area contributed by atoms with E-state index in [1.165, 1.54) is 41.5 Å². The van der Waals surface area contributed by atoms with Crippen LogP contribution in [0, 0.1) is 25.5 Å². The number of aromatic nitrogens is 3. The molecule has 0 saturated heterocycles. The number of nitrogen functional groups attached to an aromatic ring is 1. The molecule has 1 aliphatic carbocycles. The van der Waals surface area contributed by atoms with Crippen molar-refractivity contribution < 1.29 is 26.7 Å². The molecular weight excluding hydrogens is 526 g/mol. The third-order valence-electron chi connectivity index (χ3n) is 6.49. The Morgan fingerprint density at radius 3 is 2.62 bits per heavy atom. The number of Topliss-reactive ketones (excluding diaryl/α,β-unsaturated/α-hetero) is 1. The van der Waals surface area contributed by atoms with Crippen molar-refractivity contribution in [3.63, 3.8) is 0 Å². The number of hydrogen-bond acceptors (Lipinski definition) is 7.